The summed E-state index contributed by atoms with van der Waals surface area (Å²) in [6.07, 6.45) is 7.75. The van der Waals surface area contributed by atoms with E-state index in [-0.39, 0.29) is 27.7 Å². The molecular formula is C17H20ClN5O4S2. The minimum absolute atomic E-state index is 0.00614. The highest BCUT2D eigenvalue weighted by molar-refractivity contribution is 7.88. The lowest BCUT2D eigenvalue weighted by Crippen LogP contribution is -2.23. The predicted molar refractivity (Wildman–Crippen MR) is 112 cm³/mol. The number of hydrogen-bond acceptors (Lipinski definition) is 7. The molecule has 156 valence electrons. The van der Waals surface area contributed by atoms with Crippen LogP contribution in [-0.2, 0) is 16.6 Å². The first-order valence-corrected chi connectivity index (χ1v) is 12.0. The number of amides is 2. The first-order chi connectivity index (χ1) is 13.7. The molecule has 2 aromatic heterocycles. The van der Waals surface area contributed by atoms with E-state index in [1.807, 2.05) is 0 Å². The Bertz CT molecular complexity index is 1020. The second-order valence-electron chi connectivity index (χ2n) is 6.68. The fourth-order valence-corrected chi connectivity index (χ4v) is 4.49. The normalized spacial score (nSPS) is 14.7. The monoisotopic (exact) mass is 457 g/mol. The van der Waals surface area contributed by atoms with Crippen LogP contribution >= 0.6 is 22.9 Å². The van der Waals surface area contributed by atoms with Gasteiger partial charge in [-0.1, -0.05) is 35.8 Å². The third-order valence-electron chi connectivity index (χ3n) is 4.43. The van der Waals surface area contributed by atoms with Gasteiger partial charge in [0.1, 0.15) is 4.34 Å². The second-order valence-corrected chi connectivity index (χ2v) is 10.1. The molecule has 12 heteroatoms. The number of rotatable bonds is 7. The first kappa shape index (κ1) is 21.6. The first-order valence-electron chi connectivity index (χ1n) is 8.89. The van der Waals surface area contributed by atoms with Crippen LogP contribution in [-0.4, -0.2) is 36.5 Å². The lowest BCUT2D eigenvalue weighted by Gasteiger charge is -2.13. The van der Waals surface area contributed by atoms with Crippen LogP contribution in [0.5, 0.6) is 0 Å². The summed E-state index contributed by atoms with van der Waals surface area (Å²) in [4.78, 5) is 33.2. The number of carbonyl (C=O) groups excluding carboxylic acids is 2. The molecule has 3 N–H and O–H groups in total. The van der Waals surface area contributed by atoms with Crippen molar-refractivity contribution in [3.63, 3.8) is 0 Å². The van der Waals surface area contributed by atoms with Crippen molar-refractivity contribution in [1.82, 2.24) is 14.7 Å². The van der Waals surface area contributed by atoms with Crippen LogP contribution in [0, 0.1) is 5.92 Å². The zero-order valence-corrected chi connectivity index (χ0v) is 18.0. The van der Waals surface area contributed by atoms with E-state index in [1.165, 1.54) is 12.4 Å². The van der Waals surface area contributed by atoms with Gasteiger partial charge in [-0.3, -0.25) is 15.1 Å². The number of thiazole rings is 1. The number of sulfonamides is 1. The molecule has 0 atom stereocenters. The summed E-state index contributed by atoms with van der Waals surface area (Å²) in [5, 5.41) is 5.37. The zero-order chi connectivity index (χ0) is 21.0. The molecule has 0 radical (unpaired) electrons. The van der Waals surface area contributed by atoms with Crippen LogP contribution in [0.3, 0.4) is 0 Å². The van der Waals surface area contributed by atoms with E-state index >= 15 is 0 Å². The van der Waals surface area contributed by atoms with Crippen molar-refractivity contribution in [1.29, 1.82) is 0 Å². The molecule has 29 heavy (non-hydrogen) atoms. The van der Waals surface area contributed by atoms with Gasteiger partial charge in [0.05, 0.1) is 30.4 Å². The zero-order valence-electron chi connectivity index (χ0n) is 15.6. The minimum Gasteiger partial charge on any atom is -0.305 e. The van der Waals surface area contributed by atoms with E-state index in [2.05, 4.69) is 25.3 Å². The van der Waals surface area contributed by atoms with Crippen LogP contribution in [0.4, 0.5) is 15.6 Å². The van der Waals surface area contributed by atoms with E-state index in [9.17, 15) is 18.0 Å². The Morgan fingerprint density at radius 2 is 2.00 bits per heavy atom. The van der Waals surface area contributed by atoms with Crippen molar-refractivity contribution in [3.05, 3.63) is 34.1 Å². The van der Waals surface area contributed by atoms with Gasteiger partial charge in [-0.05, 0) is 18.9 Å². The number of nitrogens with one attached hydrogen (secondary N) is 3. The summed E-state index contributed by atoms with van der Waals surface area (Å²) in [5.74, 6) is -0.0182. The Morgan fingerprint density at radius 1 is 1.28 bits per heavy atom. The third-order valence-corrected chi connectivity index (χ3v) is 6.35. The topological polar surface area (TPSA) is 130 Å². The number of pyridine rings is 1. The largest absolute Gasteiger partial charge is 0.325 e. The van der Waals surface area contributed by atoms with Gasteiger partial charge in [0.25, 0.3) is 0 Å². The van der Waals surface area contributed by atoms with Crippen LogP contribution in [0.25, 0.3) is 0 Å². The average molecular weight is 458 g/mol. The Balaban J connectivity index is 1.66. The van der Waals surface area contributed by atoms with Gasteiger partial charge in [-0.25, -0.2) is 22.9 Å². The van der Waals surface area contributed by atoms with Crippen molar-refractivity contribution in [2.75, 3.05) is 16.9 Å². The standard InChI is InChI=1S/C17H20ClN5O4S2/c1-29(26,27)20-9-13-15(18)28-17(22-13)23-16(25)21-12-8-19-7-6-11(12)14(24)10-4-2-3-5-10/h6-8,10,20H,2-5,9H2,1H3,(H2,21,22,23,25). The summed E-state index contributed by atoms with van der Waals surface area (Å²) >= 11 is 7.05. The van der Waals surface area contributed by atoms with Crippen molar-refractivity contribution in [2.24, 2.45) is 5.92 Å². The van der Waals surface area contributed by atoms with Gasteiger partial charge >= 0.3 is 6.03 Å². The van der Waals surface area contributed by atoms with Gasteiger partial charge in [-0.2, -0.15) is 0 Å². The third kappa shape index (κ3) is 5.95. The predicted octanol–water partition coefficient (Wildman–Crippen LogP) is 3.26. The van der Waals surface area contributed by atoms with E-state index in [4.69, 9.17) is 11.6 Å². The molecule has 0 unspecified atom stereocenters. The highest BCUT2D eigenvalue weighted by Crippen LogP contribution is 2.31. The maximum Gasteiger partial charge on any atom is 0.325 e. The summed E-state index contributed by atoms with van der Waals surface area (Å²) in [5.41, 5.74) is 1.05. The molecule has 1 aliphatic rings. The van der Waals surface area contributed by atoms with Gasteiger partial charge in [0.15, 0.2) is 10.9 Å². The van der Waals surface area contributed by atoms with Crippen molar-refractivity contribution < 1.29 is 18.0 Å². The molecule has 2 heterocycles. The number of aromatic nitrogens is 2. The Labute approximate surface area is 177 Å². The molecule has 1 fully saturated rings. The van der Waals surface area contributed by atoms with Crippen LogP contribution < -0.4 is 15.4 Å². The Hall–Kier alpha value is -2.08. The number of Topliss-reactive ketones (excluding diaryl/α,β-unsaturated/α-hetero) is 1. The Kier molecular flexibility index (Phi) is 6.83. The molecule has 0 aromatic carbocycles. The fourth-order valence-electron chi connectivity index (χ4n) is 3.06. The van der Waals surface area contributed by atoms with E-state index in [0.29, 0.717) is 16.9 Å². The van der Waals surface area contributed by atoms with E-state index < -0.39 is 16.1 Å². The SMILES string of the molecule is CS(=O)(=O)NCc1nc(NC(=O)Nc2cnccc2C(=O)C2CCCC2)sc1Cl. The summed E-state index contributed by atoms with van der Waals surface area (Å²) in [6.45, 7) is -0.0832. The summed E-state index contributed by atoms with van der Waals surface area (Å²) in [7, 11) is -3.40. The Morgan fingerprint density at radius 3 is 2.69 bits per heavy atom. The minimum atomic E-state index is -3.40. The number of ketones is 1. The molecule has 0 saturated heterocycles. The van der Waals surface area contributed by atoms with Crippen molar-refractivity contribution >= 4 is 55.6 Å². The summed E-state index contributed by atoms with van der Waals surface area (Å²) in [6, 6.07) is 0.998. The number of carbonyl (C=O) groups is 2. The second kappa shape index (κ2) is 9.16. The van der Waals surface area contributed by atoms with Crippen LogP contribution in [0.1, 0.15) is 41.7 Å². The van der Waals surface area contributed by atoms with E-state index in [0.717, 1.165) is 43.3 Å². The molecule has 0 aliphatic heterocycles. The molecule has 0 bridgehead atoms. The highest BCUT2D eigenvalue weighted by atomic mass is 35.5. The van der Waals surface area contributed by atoms with Gasteiger partial charge in [-0.15, -0.1) is 0 Å². The maximum absolute atomic E-state index is 12.7. The summed E-state index contributed by atoms with van der Waals surface area (Å²) < 4.78 is 24.9. The lowest BCUT2D eigenvalue weighted by atomic mass is 9.96. The number of halogens is 1. The van der Waals surface area contributed by atoms with E-state index in [1.54, 1.807) is 6.07 Å². The molecule has 0 spiro atoms. The maximum atomic E-state index is 12.7. The van der Waals surface area contributed by atoms with Gasteiger partial charge < -0.3 is 5.32 Å². The number of urea groups is 1. The molecule has 1 saturated carbocycles. The fraction of sp³-hybridized carbons (Fsp3) is 0.412. The lowest BCUT2D eigenvalue weighted by molar-refractivity contribution is 0.0923. The molecule has 9 nitrogen and oxygen atoms in total. The molecular weight excluding hydrogens is 438 g/mol. The molecule has 3 rings (SSSR count). The highest BCUT2D eigenvalue weighted by Gasteiger charge is 2.26. The van der Waals surface area contributed by atoms with Crippen LogP contribution in [0.2, 0.25) is 4.34 Å². The number of anilines is 2. The van der Waals surface area contributed by atoms with Gasteiger partial charge in [0.2, 0.25) is 10.0 Å². The van der Waals surface area contributed by atoms with Gasteiger partial charge in [0, 0.05) is 17.7 Å². The number of nitrogens with zero attached hydrogens (tertiary/aromatic N) is 2. The molecule has 2 amide bonds. The molecule has 1 aliphatic carbocycles. The molecule has 2 aromatic rings. The van der Waals surface area contributed by atoms with Crippen molar-refractivity contribution in [2.45, 2.75) is 32.2 Å². The van der Waals surface area contributed by atoms with Crippen LogP contribution in [0.15, 0.2) is 18.5 Å². The number of hydrogen-bond donors (Lipinski definition) is 3. The quantitative estimate of drug-likeness (QED) is 0.547. The smallest absolute Gasteiger partial charge is 0.305 e. The van der Waals surface area contributed by atoms with Crippen molar-refractivity contribution in [3.8, 4) is 0 Å². The average Bonchev–Trinajstić information content (AvgIpc) is 3.29.